The molecule has 9 atom stereocenters. The van der Waals surface area contributed by atoms with E-state index in [4.69, 9.17) is 10.5 Å². The molecule has 4 aliphatic carbocycles. The van der Waals surface area contributed by atoms with Gasteiger partial charge in [0, 0.05) is 18.6 Å². The predicted molar refractivity (Wildman–Crippen MR) is 127 cm³/mol. The van der Waals surface area contributed by atoms with Crippen LogP contribution in [0.15, 0.2) is 0 Å². The lowest BCUT2D eigenvalue weighted by molar-refractivity contribution is -0.157. The molecular weight excluding hydrogens is 416 g/mol. The van der Waals surface area contributed by atoms with Crippen molar-refractivity contribution in [2.75, 3.05) is 13.1 Å². The lowest BCUT2D eigenvalue weighted by Gasteiger charge is -2.64. The Morgan fingerprint density at radius 3 is 2.52 bits per heavy atom. The summed E-state index contributed by atoms with van der Waals surface area (Å²) in [6.07, 6.45) is 11.0. The maximum Gasteiger partial charge on any atom is 0.410 e. The number of amides is 1. The second-order valence-corrected chi connectivity index (χ2v) is 12.9. The lowest BCUT2D eigenvalue weighted by atomic mass is 9.42. The molecule has 1 unspecified atom stereocenters. The van der Waals surface area contributed by atoms with E-state index in [1.165, 1.54) is 6.42 Å². The third-order valence-electron chi connectivity index (χ3n) is 11.4. The van der Waals surface area contributed by atoms with Gasteiger partial charge in [0.2, 0.25) is 0 Å². The van der Waals surface area contributed by atoms with E-state index >= 15 is 0 Å². The van der Waals surface area contributed by atoms with Crippen molar-refractivity contribution in [2.24, 2.45) is 46.2 Å². The van der Waals surface area contributed by atoms with Crippen molar-refractivity contribution in [1.29, 1.82) is 0 Å². The molecule has 0 radical (unpaired) electrons. The topological polar surface area (TPSA) is 92.9 Å². The summed E-state index contributed by atoms with van der Waals surface area (Å²) in [5, 5.41) is 9.88. The van der Waals surface area contributed by atoms with Gasteiger partial charge in [-0.2, -0.15) is 0 Å². The number of hydrogen-bond donors (Lipinski definition) is 2. The van der Waals surface area contributed by atoms with E-state index in [-0.39, 0.29) is 34.5 Å². The molecule has 3 N–H and O–H groups in total. The van der Waals surface area contributed by atoms with E-state index in [2.05, 4.69) is 20.8 Å². The number of nitrogens with zero attached hydrogens (tertiary/aromatic N) is 1. The van der Waals surface area contributed by atoms with Crippen molar-refractivity contribution in [2.45, 2.75) is 103 Å². The number of hydrogen-bond acceptors (Lipinski definition) is 4. The number of likely N-dealkylation sites (tertiary alicyclic amines) is 1. The SMILES string of the molecule is CC1CCCN(C(=O)O[C@H]2CC[C@@]3(C)[C@H](CC[C@@H]4[C@@H]3CC[C@]3(C)[C@@H](C(=O)O)CC[C@]43N)C2)C1. The molecule has 1 amide bonds. The molecule has 0 bridgehead atoms. The molecule has 186 valence electrons. The number of aliphatic carboxylic acids is 1. The van der Waals surface area contributed by atoms with Gasteiger partial charge in [0.05, 0.1) is 5.92 Å². The molecule has 1 heterocycles. The fourth-order valence-electron chi connectivity index (χ4n) is 9.36. The van der Waals surface area contributed by atoms with Crippen molar-refractivity contribution in [3.63, 3.8) is 0 Å². The van der Waals surface area contributed by atoms with Crippen molar-refractivity contribution in [1.82, 2.24) is 4.90 Å². The van der Waals surface area contributed by atoms with Gasteiger partial charge in [-0.3, -0.25) is 4.79 Å². The second-order valence-electron chi connectivity index (χ2n) is 12.9. The minimum atomic E-state index is -0.659. The number of fused-ring (bicyclic) bond motifs is 5. The van der Waals surface area contributed by atoms with Crippen LogP contribution in [0.4, 0.5) is 4.79 Å². The van der Waals surface area contributed by atoms with Crippen LogP contribution in [-0.4, -0.2) is 46.8 Å². The number of carbonyl (C=O) groups excluding carboxylic acids is 1. The normalized spacial score (nSPS) is 49.5. The van der Waals surface area contributed by atoms with Crippen LogP contribution in [-0.2, 0) is 9.53 Å². The Hall–Kier alpha value is -1.30. The first-order valence-corrected chi connectivity index (χ1v) is 13.6. The fraction of sp³-hybridized carbons (Fsp3) is 0.926. The van der Waals surface area contributed by atoms with Gasteiger partial charge in [0.1, 0.15) is 6.10 Å². The Bertz CT molecular complexity index is 803. The standard InChI is InChI=1S/C27H44N2O4/c1-17-5-4-14-29(16-17)24(32)33-19-8-11-25(2)18(15-19)6-7-21-20(25)9-12-26(3)22(23(30)31)10-13-27(21,26)28/h17-22H,4-16,28H2,1-3H3,(H,30,31)/t17?,18-,19+,20+,21-,22-,25+,26-,27+/m1/s1. The van der Waals surface area contributed by atoms with Gasteiger partial charge in [-0.25, -0.2) is 4.79 Å². The van der Waals surface area contributed by atoms with Crippen LogP contribution in [0.2, 0.25) is 0 Å². The Morgan fingerprint density at radius 2 is 1.79 bits per heavy atom. The monoisotopic (exact) mass is 460 g/mol. The van der Waals surface area contributed by atoms with Crippen LogP contribution in [0.1, 0.15) is 91.4 Å². The number of ether oxygens (including phenoxy) is 1. The van der Waals surface area contributed by atoms with Crippen molar-refractivity contribution in [3.05, 3.63) is 0 Å². The molecule has 0 aromatic carbocycles. The Balaban J connectivity index is 1.27. The smallest absolute Gasteiger partial charge is 0.410 e. The summed E-state index contributed by atoms with van der Waals surface area (Å²) in [7, 11) is 0. The minimum Gasteiger partial charge on any atom is -0.481 e. The second kappa shape index (κ2) is 8.13. The van der Waals surface area contributed by atoms with Crippen LogP contribution in [0.5, 0.6) is 0 Å². The quantitative estimate of drug-likeness (QED) is 0.602. The van der Waals surface area contributed by atoms with E-state index in [0.29, 0.717) is 23.7 Å². The third kappa shape index (κ3) is 3.52. The van der Waals surface area contributed by atoms with Gasteiger partial charge in [-0.1, -0.05) is 20.8 Å². The van der Waals surface area contributed by atoms with E-state index in [1.54, 1.807) is 0 Å². The highest BCUT2D eigenvalue weighted by molar-refractivity contribution is 5.72. The lowest BCUT2D eigenvalue weighted by Crippen LogP contribution is -2.66. The minimum absolute atomic E-state index is 0.0351. The fourth-order valence-corrected chi connectivity index (χ4v) is 9.36. The summed E-state index contributed by atoms with van der Waals surface area (Å²) in [5.41, 5.74) is 6.78. The summed E-state index contributed by atoms with van der Waals surface area (Å²) in [4.78, 5) is 26.7. The highest BCUT2D eigenvalue weighted by atomic mass is 16.6. The maximum absolute atomic E-state index is 12.8. The first-order valence-electron chi connectivity index (χ1n) is 13.6. The molecule has 4 saturated carbocycles. The van der Waals surface area contributed by atoms with Crippen LogP contribution >= 0.6 is 0 Å². The zero-order chi connectivity index (χ0) is 23.6. The van der Waals surface area contributed by atoms with Crippen LogP contribution in [0.3, 0.4) is 0 Å². The average Bonchev–Trinajstić information content (AvgIpc) is 3.05. The van der Waals surface area contributed by atoms with Gasteiger partial charge < -0.3 is 20.5 Å². The van der Waals surface area contributed by atoms with Crippen LogP contribution in [0.25, 0.3) is 0 Å². The Kier molecular flexibility index (Phi) is 5.78. The van der Waals surface area contributed by atoms with Gasteiger partial charge in [-0.15, -0.1) is 0 Å². The van der Waals surface area contributed by atoms with E-state index in [0.717, 1.165) is 77.3 Å². The number of rotatable bonds is 2. The summed E-state index contributed by atoms with van der Waals surface area (Å²) >= 11 is 0. The molecule has 6 heteroatoms. The average molecular weight is 461 g/mol. The zero-order valence-electron chi connectivity index (χ0n) is 20.9. The Labute approximate surface area is 199 Å². The molecule has 5 aliphatic rings. The molecule has 1 aliphatic heterocycles. The van der Waals surface area contributed by atoms with Crippen molar-refractivity contribution < 1.29 is 19.4 Å². The molecule has 5 rings (SSSR count). The molecule has 6 nitrogen and oxygen atoms in total. The number of nitrogens with two attached hydrogens (primary N) is 1. The third-order valence-corrected chi connectivity index (χ3v) is 11.4. The van der Waals surface area contributed by atoms with E-state index < -0.39 is 5.97 Å². The molecular formula is C27H44N2O4. The molecule has 0 spiro atoms. The molecule has 1 saturated heterocycles. The molecule has 33 heavy (non-hydrogen) atoms. The van der Waals surface area contributed by atoms with Gasteiger partial charge in [0.25, 0.3) is 0 Å². The molecule has 5 fully saturated rings. The summed E-state index contributed by atoms with van der Waals surface area (Å²) in [6, 6.07) is 0. The largest absolute Gasteiger partial charge is 0.481 e. The van der Waals surface area contributed by atoms with E-state index in [9.17, 15) is 14.7 Å². The first-order chi connectivity index (χ1) is 15.6. The molecule has 0 aromatic heterocycles. The number of carboxylic acid groups (broad SMARTS) is 1. The highest BCUT2D eigenvalue weighted by Gasteiger charge is 2.67. The van der Waals surface area contributed by atoms with Crippen LogP contribution < -0.4 is 5.73 Å². The maximum atomic E-state index is 12.8. The summed E-state index contributed by atoms with van der Waals surface area (Å²) < 4.78 is 6.05. The zero-order valence-corrected chi connectivity index (χ0v) is 20.9. The van der Waals surface area contributed by atoms with Crippen molar-refractivity contribution in [3.8, 4) is 0 Å². The van der Waals surface area contributed by atoms with Crippen LogP contribution in [0, 0.1) is 40.4 Å². The van der Waals surface area contributed by atoms with Gasteiger partial charge in [0.15, 0.2) is 0 Å². The van der Waals surface area contributed by atoms with Gasteiger partial charge in [-0.05, 0) is 105 Å². The highest BCUT2D eigenvalue weighted by Crippen LogP contribution is 2.68. The number of carboxylic acids is 1. The first kappa shape index (κ1) is 23.4. The summed E-state index contributed by atoms with van der Waals surface area (Å²) in [5.74, 6) is 1.13. The molecule has 0 aromatic rings. The van der Waals surface area contributed by atoms with Crippen molar-refractivity contribution >= 4 is 12.1 Å². The number of piperidine rings is 1. The predicted octanol–water partition coefficient (Wildman–Crippen LogP) is 5.05. The Morgan fingerprint density at radius 1 is 1.00 bits per heavy atom. The summed E-state index contributed by atoms with van der Waals surface area (Å²) in [6.45, 7) is 8.50. The number of carbonyl (C=O) groups is 2. The van der Waals surface area contributed by atoms with Gasteiger partial charge >= 0.3 is 12.1 Å². The van der Waals surface area contributed by atoms with E-state index in [1.807, 2.05) is 4.90 Å².